The van der Waals surface area contributed by atoms with E-state index in [0.717, 1.165) is 0 Å². The van der Waals surface area contributed by atoms with E-state index in [4.69, 9.17) is 4.74 Å². The zero-order chi connectivity index (χ0) is 27.6. The molecule has 5 nitrogen and oxygen atoms in total. The van der Waals surface area contributed by atoms with E-state index in [1.807, 2.05) is 0 Å². The van der Waals surface area contributed by atoms with Gasteiger partial charge in [0.15, 0.2) is 0 Å². The largest absolute Gasteiger partial charge is 0.573 e. The fourth-order valence-electron chi connectivity index (χ4n) is 4.70. The molecule has 0 saturated heterocycles. The van der Waals surface area contributed by atoms with Crippen molar-refractivity contribution in [2.75, 3.05) is 12.0 Å². The first kappa shape index (κ1) is 25.8. The van der Waals surface area contributed by atoms with Crippen molar-refractivity contribution in [1.29, 1.82) is 0 Å². The molecule has 0 N–H and O–H groups in total. The van der Waals surface area contributed by atoms with Crippen molar-refractivity contribution in [2.24, 2.45) is 0 Å². The number of alkyl halides is 3. The summed E-state index contributed by atoms with van der Waals surface area (Å²) in [5.74, 6) is -1.30. The molecule has 4 aromatic carbocycles. The van der Waals surface area contributed by atoms with Gasteiger partial charge in [0.05, 0.1) is 30.5 Å². The molecule has 0 unspecified atom stereocenters. The highest BCUT2D eigenvalue weighted by molar-refractivity contribution is 6.39. The van der Waals surface area contributed by atoms with Gasteiger partial charge in [-0.3, -0.25) is 4.79 Å². The van der Waals surface area contributed by atoms with Crippen molar-refractivity contribution in [3.8, 4) is 5.75 Å². The van der Waals surface area contributed by atoms with Crippen LogP contribution in [0.25, 0.3) is 11.1 Å². The summed E-state index contributed by atoms with van der Waals surface area (Å²) >= 11 is 0. The lowest BCUT2D eigenvalue weighted by Gasteiger charge is -2.19. The molecule has 0 spiro atoms. The summed E-state index contributed by atoms with van der Waals surface area (Å²) in [5.41, 5.74) is 3.46. The van der Waals surface area contributed by atoms with Gasteiger partial charge in [0.2, 0.25) is 0 Å². The van der Waals surface area contributed by atoms with Gasteiger partial charge < -0.3 is 14.4 Å². The number of carbonyl (C=O) groups is 2. The van der Waals surface area contributed by atoms with Crippen LogP contribution in [-0.2, 0) is 16.1 Å². The Labute approximate surface area is 222 Å². The molecule has 5 rings (SSSR count). The van der Waals surface area contributed by atoms with Gasteiger partial charge in [-0.2, -0.15) is 0 Å². The van der Waals surface area contributed by atoms with Crippen molar-refractivity contribution < 1.29 is 32.2 Å². The average Bonchev–Trinajstić information content (AvgIpc) is 3.20. The van der Waals surface area contributed by atoms with Crippen molar-refractivity contribution in [3.63, 3.8) is 0 Å². The van der Waals surface area contributed by atoms with Gasteiger partial charge in [0.1, 0.15) is 5.75 Å². The highest BCUT2D eigenvalue weighted by Gasteiger charge is 2.37. The standard InChI is InChI=1S/C31H22F3NO4/c1-38-30(37)22-13-9-10-20(18-22)19-35-25-16-7-5-14-23(25)28(29(35)36)27(21-11-3-2-4-12-21)24-15-6-8-17-26(24)39-31(32,33)34/h2-18H,19H2,1H3. The molecule has 0 fully saturated rings. The van der Waals surface area contributed by atoms with Gasteiger partial charge in [-0.15, -0.1) is 13.2 Å². The number of carbonyl (C=O) groups excluding carboxylic acids is 2. The van der Waals surface area contributed by atoms with Gasteiger partial charge in [0, 0.05) is 16.7 Å². The van der Waals surface area contributed by atoms with E-state index in [-0.39, 0.29) is 23.6 Å². The van der Waals surface area contributed by atoms with Crippen LogP contribution in [0.3, 0.4) is 0 Å². The lowest BCUT2D eigenvalue weighted by atomic mass is 9.89. The Bertz CT molecular complexity index is 1580. The number of halogens is 3. The van der Waals surface area contributed by atoms with E-state index in [1.54, 1.807) is 89.8 Å². The number of rotatable bonds is 6. The second-order valence-electron chi connectivity index (χ2n) is 8.76. The quantitative estimate of drug-likeness (QED) is 0.202. The third kappa shape index (κ3) is 5.27. The molecule has 1 heterocycles. The monoisotopic (exact) mass is 529 g/mol. The van der Waals surface area contributed by atoms with E-state index in [0.29, 0.717) is 33.5 Å². The number of hydrogen-bond acceptors (Lipinski definition) is 4. The van der Waals surface area contributed by atoms with Crippen LogP contribution in [0, 0.1) is 0 Å². The molecule has 0 radical (unpaired) electrons. The fourth-order valence-corrected chi connectivity index (χ4v) is 4.70. The SMILES string of the molecule is COC(=O)c1cccc(CN2C(=O)C(=C(c3ccccc3)c3ccccc3OC(F)(F)F)c3ccccc32)c1. The Balaban J connectivity index is 1.70. The maximum atomic E-state index is 14.1. The number of nitrogens with zero attached hydrogens (tertiary/aromatic N) is 1. The van der Waals surface area contributed by atoms with Crippen LogP contribution < -0.4 is 9.64 Å². The second-order valence-corrected chi connectivity index (χ2v) is 8.76. The molecule has 0 saturated carbocycles. The van der Waals surface area contributed by atoms with Crippen LogP contribution >= 0.6 is 0 Å². The van der Waals surface area contributed by atoms with Crippen LogP contribution in [0.1, 0.15) is 32.6 Å². The van der Waals surface area contributed by atoms with E-state index >= 15 is 0 Å². The Morgan fingerprint density at radius 2 is 1.49 bits per heavy atom. The number of benzene rings is 4. The number of ether oxygens (including phenoxy) is 2. The Kier molecular flexibility index (Phi) is 6.94. The maximum Gasteiger partial charge on any atom is 0.573 e. The molecule has 1 aliphatic rings. The minimum absolute atomic E-state index is 0.132. The first-order chi connectivity index (χ1) is 18.8. The minimum Gasteiger partial charge on any atom is -0.465 e. The molecule has 4 aromatic rings. The van der Waals surface area contributed by atoms with Gasteiger partial charge in [0.25, 0.3) is 5.91 Å². The number of amides is 1. The van der Waals surface area contributed by atoms with E-state index in [1.165, 1.54) is 25.3 Å². The summed E-state index contributed by atoms with van der Waals surface area (Å²) < 4.78 is 49.3. The average molecular weight is 530 g/mol. The normalized spacial score (nSPS) is 14.2. The molecular formula is C31H22F3NO4. The first-order valence-electron chi connectivity index (χ1n) is 12.0. The highest BCUT2D eigenvalue weighted by atomic mass is 19.4. The number of esters is 1. The zero-order valence-corrected chi connectivity index (χ0v) is 20.7. The second kappa shape index (κ2) is 10.5. The summed E-state index contributed by atoms with van der Waals surface area (Å²) in [6.45, 7) is 0.132. The van der Waals surface area contributed by atoms with Crippen LogP contribution in [0.2, 0.25) is 0 Å². The Morgan fingerprint density at radius 3 is 2.23 bits per heavy atom. The molecule has 1 aliphatic heterocycles. The number of anilines is 1. The zero-order valence-electron chi connectivity index (χ0n) is 20.7. The summed E-state index contributed by atoms with van der Waals surface area (Å²) in [7, 11) is 1.29. The molecule has 0 atom stereocenters. The Hall–Kier alpha value is -4.85. The predicted molar refractivity (Wildman–Crippen MR) is 141 cm³/mol. The highest BCUT2D eigenvalue weighted by Crippen LogP contribution is 2.45. The van der Waals surface area contributed by atoms with E-state index in [2.05, 4.69) is 4.74 Å². The molecule has 0 bridgehead atoms. The minimum atomic E-state index is -4.92. The molecule has 39 heavy (non-hydrogen) atoms. The number of fused-ring (bicyclic) bond motifs is 1. The molecule has 196 valence electrons. The lowest BCUT2D eigenvalue weighted by Crippen LogP contribution is -2.26. The summed E-state index contributed by atoms with van der Waals surface area (Å²) in [6.07, 6.45) is -4.92. The summed E-state index contributed by atoms with van der Waals surface area (Å²) in [4.78, 5) is 27.7. The number of para-hydroxylation sites is 2. The maximum absolute atomic E-state index is 14.1. The number of hydrogen-bond donors (Lipinski definition) is 0. The molecule has 8 heteroatoms. The molecule has 0 aromatic heterocycles. The fraction of sp³-hybridized carbons (Fsp3) is 0.0968. The van der Waals surface area contributed by atoms with E-state index in [9.17, 15) is 22.8 Å². The van der Waals surface area contributed by atoms with Crippen LogP contribution in [0.4, 0.5) is 18.9 Å². The molecule has 0 aliphatic carbocycles. The first-order valence-corrected chi connectivity index (χ1v) is 12.0. The molecule has 1 amide bonds. The van der Waals surface area contributed by atoms with Gasteiger partial charge in [-0.1, -0.05) is 78.9 Å². The van der Waals surface area contributed by atoms with Crippen molar-refractivity contribution in [3.05, 3.63) is 131 Å². The molecular weight excluding hydrogens is 507 g/mol. The third-order valence-corrected chi connectivity index (χ3v) is 6.31. The Morgan fingerprint density at radius 1 is 0.821 bits per heavy atom. The summed E-state index contributed by atoms with van der Waals surface area (Å²) in [6, 6.07) is 28.4. The van der Waals surface area contributed by atoms with Gasteiger partial charge in [-0.25, -0.2) is 4.79 Å². The van der Waals surface area contributed by atoms with Crippen molar-refractivity contribution >= 4 is 28.7 Å². The summed E-state index contributed by atoms with van der Waals surface area (Å²) in [5, 5.41) is 0. The predicted octanol–water partition coefficient (Wildman–Crippen LogP) is 6.88. The third-order valence-electron chi connectivity index (χ3n) is 6.31. The van der Waals surface area contributed by atoms with Crippen LogP contribution in [0.5, 0.6) is 5.75 Å². The van der Waals surface area contributed by atoms with Crippen LogP contribution in [0.15, 0.2) is 103 Å². The topological polar surface area (TPSA) is 55.8 Å². The number of methoxy groups -OCH3 is 1. The van der Waals surface area contributed by atoms with E-state index < -0.39 is 18.1 Å². The van der Waals surface area contributed by atoms with Gasteiger partial charge >= 0.3 is 12.3 Å². The van der Waals surface area contributed by atoms with Gasteiger partial charge in [-0.05, 0) is 35.4 Å². The van der Waals surface area contributed by atoms with Crippen molar-refractivity contribution in [1.82, 2.24) is 0 Å². The van der Waals surface area contributed by atoms with Crippen molar-refractivity contribution in [2.45, 2.75) is 12.9 Å². The van der Waals surface area contributed by atoms with Crippen LogP contribution in [-0.4, -0.2) is 25.3 Å². The smallest absolute Gasteiger partial charge is 0.465 e. The lowest BCUT2D eigenvalue weighted by molar-refractivity contribution is -0.274.